The summed E-state index contributed by atoms with van der Waals surface area (Å²) in [6.45, 7) is 10.2. The van der Waals surface area contributed by atoms with Crippen LogP contribution in [0.5, 0.6) is 0 Å². The Morgan fingerprint density at radius 3 is 2.45 bits per heavy atom. The van der Waals surface area contributed by atoms with Crippen LogP contribution in [0.2, 0.25) is 5.02 Å². The Hall–Kier alpha value is -2.02. The van der Waals surface area contributed by atoms with Crippen LogP contribution in [0.15, 0.2) is 24.3 Å². The van der Waals surface area contributed by atoms with Crippen LogP contribution in [-0.4, -0.2) is 51.9 Å². The lowest BCUT2D eigenvalue weighted by Crippen LogP contribution is -2.48. The Morgan fingerprint density at radius 2 is 1.79 bits per heavy atom. The number of aryl methyl sites for hydroxylation is 3. The van der Waals surface area contributed by atoms with Gasteiger partial charge in [-0.3, -0.25) is 9.69 Å². The number of fused-ring (bicyclic) bond motifs is 1. The van der Waals surface area contributed by atoms with Crippen LogP contribution in [0.4, 0.5) is 0 Å². The minimum Gasteiger partial charge on any atom is -0.335 e. The number of nitrogens with zero attached hydrogens (tertiary/aromatic N) is 4. The van der Waals surface area contributed by atoms with Gasteiger partial charge in [0.15, 0.2) is 0 Å². The molecular formula is C22H25ClN4OS. The summed E-state index contributed by atoms with van der Waals surface area (Å²) >= 11 is 7.48. The number of carbonyl (C=O) groups is 1. The lowest BCUT2D eigenvalue weighted by molar-refractivity contribution is 0.0632. The van der Waals surface area contributed by atoms with E-state index >= 15 is 0 Å². The highest BCUT2D eigenvalue weighted by Crippen LogP contribution is 2.32. The van der Waals surface area contributed by atoms with Crippen molar-refractivity contribution < 1.29 is 4.79 Å². The van der Waals surface area contributed by atoms with Crippen molar-refractivity contribution in [2.24, 2.45) is 0 Å². The topological polar surface area (TPSA) is 49.3 Å². The number of hydrogen-bond donors (Lipinski definition) is 0. The van der Waals surface area contributed by atoms with Gasteiger partial charge in [-0.1, -0.05) is 30.7 Å². The van der Waals surface area contributed by atoms with E-state index in [1.165, 1.54) is 16.9 Å². The first-order valence-electron chi connectivity index (χ1n) is 9.99. The number of piperazine rings is 1. The molecule has 1 aliphatic rings. The van der Waals surface area contributed by atoms with E-state index in [9.17, 15) is 4.79 Å². The third-order valence-corrected chi connectivity index (χ3v) is 6.93. The average Bonchev–Trinajstić information content (AvgIpc) is 3.06. The van der Waals surface area contributed by atoms with E-state index < -0.39 is 0 Å². The molecule has 152 valence electrons. The van der Waals surface area contributed by atoms with Crippen molar-refractivity contribution in [1.29, 1.82) is 0 Å². The lowest BCUT2D eigenvalue weighted by atomic mass is 10.1. The van der Waals surface area contributed by atoms with Gasteiger partial charge in [0, 0.05) is 55.2 Å². The van der Waals surface area contributed by atoms with Gasteiger partial charge in [0.05, 0.1) is 4.88 Å². The molecule has 29 heavy (non-hydrogen) atoms. The number of rotatable bonds is 4. The zero-order chi connectivity index (χ0) is 20.5. The number of thiophene rings is 1. The highest BCUT2D eigenvalue weighted by atomic mass is 35.5. The third kappa shape index (κ3) is 4.15. The van der Waals surface area contributed by atoms with Gasteiger partial charge in [0.25, 0.3) is 5.91 Å². The van der Waals surface area contributed by atoms with Crippen molar-refractivity contribution in [2.75, 3.05) is 26.2 Å². The molecule has 3 aromatic rings. The number of halogens is 1. The van der Waals surface area contributed by atoms with Crippen molar-refractivity contribution in [1.82, 2.24) is 19.8 Å². The number of benzene rings is 1. The molecule has 0 bridgehead atoms. The van der Waals surface area contributed by atoms with Crippen molar-refractivity contribution in [2.45, 2.75) is 33.7 Å². The maximum Gasteiger partial charge on any atom is 0.264 e. The lowest BCUT2D eigenvalue weighted by Gasteiger charge is -2.34. The molecule has 0 N–H and O–H groups in total. The fourth-order valence-corrected chi connectivity index (χ4v) is 5.20. The molecule has 0 radical (unpaired) electrons. The van der Waals surface area contributed by atoms with Gasteiger partial charge in [-0.15, -0.1) is 11.3 Å². The highest BCUT2D eigenvalue weighted by Gasteiger charge is 2.26. The monoisotopic (exact) mass is 428 g/mol. The van der Waals surface area contributed by atoms with E-state index in [-0.39, 0.29) is 5.91 Å². The summed E-state index contributed by atoms with van der Waals surface area (Å²) in [5.41, 5.74) is 3.22. The molecule has 4 rings (SSSR count). The maximum atomic E-state index is 13.2. The van der Waals surface area contributed by atoms with Crippen molar-refractivity contribution in [3.63, 3.8) is 0 Å². The van der Waals surface area contributed by atoms with Gasteiger partial charge in [-0.25, -0.2) is 9.97 Å². The van der Waals surface area contributed by atoms with Crippen molar-refractivity contribution in [3.05, 3.63) is 56.8 Å². The van der Waals surface area contributed by atoms with Crippen LogP contribution >= 0.6 is 22.9 Å². The van der Waals surface area contributed by atoms with Crippen LogP contribution in [0.1, 0.15) is 39.2 Å². The van der Waals surface area contributed by atoms with Crippen LogP contribution < -0.4 is 0 Å². The molecule has 2 aromatic heterocycles. The maximum absolute atomic E-state index is 13.2. The van der Waals surface area contributed by atoms with E-state index in [1.54, 1.807) is 0 Å². The Kier molecular flexibility index (Phi) is 5.86. The zero-order valence-electron chi connectivity index (χ0n) is 17.0. The SMILES string of the molecule is CCc1nc(C)c2c(C)c(C(=O)N3CCN(Cc4ccc(Cl)cc4)CC3)sc2n1. The zero-order valence-corrected chi connectivity index (χ0v) is 18.6. The van der Waals surface area contributed by atoms with E-state index in [4.69, 9.17) is 11.6 Å². The van der Waals surface area contributed by atoms with Gasteiger partial charge in [-0.2, -0.15) is 0 Å². The van der Waals surface area contributed by atoms with E-state index in [0.717, 1.165) is 76.3 Å². The number of carbonyl (C=O) groups excluding carboxylic acids is 1. The molecule has 1 amide bonds. The van der Waals surface area contributed by atoms with Crippen LogP contribution in [0.3, 0.4) is 0 Å². The quantitative estimate of drug-likeness (QED) is 0.614. The minimum atomic E-state index is 0.120. The summed E-state index contributed by atoms with van der Waals surface area (Å²) in [6, 6.07) is 7.98. The smallest absolute Gasteiger partial charge is 0.264 e. The molecule has 0 aliphatic carbocycles. The fraction of sp³-hybridized carbons (Fsp3) is 0.409. The average molecular weight is 429 g/mol. The molecule has 0 unspecified atom stereocenters. The first kappa shape index (κ1) is 20.3. The summed E-state index contributed by atoms with van der Waals surface area (Å²) in [5, 5.41) is 1.80. The molecule has 0 atom stereocenters. The molecular weight excluding hydrogens is 404 g/mol. The van der Waals surface area contributed by atoms with E-state index in [0.29, 0.717) is 0 Å². The number of amides is 1. The fourth-order valence-electron chi connectivity index (χ4n) is 3.86. The van der Waals surface area contributed by atoms with Gasteiger partial charge < -0.3 is 4.90 Å². The van der Waals surface area contributed by atoms with Gasteiger partial charge in [0.2, 0.25) is 0 Å². The summed E-state index contributed by atoms with van der Waals surface area (Å²) in [5.74, 6) is 0.958. The molecule has 7 heteroatoms. The van der Waals surface area contributed by atoms with Crippen LogP contribution in [0, 0.1) is 13.8 Å². The Balaban J connectivity index is 1.46. The summed E-state index contributed by atoms with van der Waals surface area (Å²) in [6.07, 6.45) is 0.798. The largest absolute Gasteiger partial charge is 0.335 e. The second-order valence-electron chi connectivity index (χ2n) is 7.51. The number of aromatic nitrogens is 2. The summed E-state index contributed by atoms with van der Waals surface area (Å²) in [4.78, 5) is 28.5. The van der Waals surface area contributed by atoms with Gasteiger partial charge >= 0.3 is 0 Å². The third-order valence-electron chi connectivity index (χ3n) is 5.51. The summed E-state index contributed by atoms with van der Waals surface area (Å²) in [7, 11) is 0. The Labute approximate surface area is 180 Å². The molecule has 1 fully saturated rings. The van der Waals surface area contributed by atoms with Gasteiger partial charge in [0.1, 0.15) is 10.7 Å². The molecule has 3 heterocycles. The first-order valence-corrected chi connectivity index (χ1v) is 11.2. The summed E-state index contributed by atoms with van der Waals surface area (Å²) < 4.78 is 0. The predicted molar refractivity (Wildman–Crippen MR) is 119 cm³/mol. The highest BCUT2D eigenvalue weighted by molar-refractivity contribution is 7.20. The molecule has 0 spiro atoms. The molecule has 5 nitrogen and oxygen atoms in total. The van der Waals surface area contributed by atoms with Crippen LogP contribution in [-0.2, 0) is 13.0 Å². The van der Waals surface area contributed by atoms with E-state index in [1.807, 2.05) is 30.9 Å². The Bertz CT molecular complexity index is 1040. The second kappa shape index (κ2) is 8.38. The second-order valence-corrected chi connectivity index (χ2v) is 8.95. The minimum absolute atomic E-state index is 0.120. The molecule has 1 aromatic carbocycles. The van der Waals surface area contributed by atoms with Gasteiger partial charge in [-0.05, 0) is 37.1 Å². The molecule has 1 saturated heterocycles. The normalized spacial score (nSPS) is 15.2. The first-order chi connectivity index (χ1) is 14.0. The van der Waals surface area contributed by atoms with Crippen molar-refractivity contribution >= 4 is 39.1 Å². The van der Waals surface area contributed by atoms with Crippen LogP contribution in [0.25, 0.3) is 10.2 Å². The Morgan fingerprint density at radius 1 is 1.10 bits per heavy atom. The molecule has 1 aliphatic heterocycles. The van der Waals surface area contributed by atoms with Crippen molar-refractivity contribution in [3.8, 4) is 0 Å². The predicted octanol–water partition coefficient (Wildman–Crippen LogP) is 4.48. The van der Waals surface area contributed by atoms with E-state index in [2.05, 4.69) is 33.9 Å². The number of hydrogen-bond acceptors (Lipinski definition) is 5. The standard InChI is InChI=1S/C22H25ClN4OS/c1-4-18-24-15(3)19-14(2)20(29-21(19)25-18)22(28)27-11-9-26(10-12-27)13-16-5-7-17(23)8-6-16/h5-8H,4,9-13H2,1-3H3. The molecule has 0 saturated carbocycles.